The van der Waals surface area contributed by atoms with Gasteiger partial charge in [0, 0.05) is 76.3 Å². The van der Waals surface area contributed by atoms with E-state index in [1.54, 1.807) is 24.1 Å². The molecule has 2 aromatic rings. The molecule has 2 saturated heterocycles. The van der Waals surface area contributed by atoms with Crippen molar-refractivity contribution in [3.63, 3.8) is 0 Å². The lowest BCUT2D eigenvalue weighted by Gasteiger charge is -2.39. The number of carbonyl (C=O) groups is 1. The molecule has 1 aromatic carbocycles. The highest BCUT2D eigenvalue weighted by atomic mass is 19.1. The van der Waals surface area contributed by atoms with Crippen molar-refractivity contribution in [3.05, 3.63) is 47.5 Å². The summed E-state index contributed by atoms with van der Waals surface area (Å²) in [7, 11) is 1.66. The molecule has 3 heterocycles. The number of aliphatic hydroxyl groups is 5. The Morgan fingerprint density at radius 2 is 1.79 bits per heavy atom. The van der Waals surface area contributed by atoms with E-state index < -0.39 is 36.8 Å². The molecule has 1 aromatic heterocycles. The van der Waals surface area contributed by atoms with Gasteiger partial charge in [-0.2, -0.15) is 0 Å². The van der Waals surface area contributed by atoms with E-state index in [0.717, 1.165) is 43.9 Å². The minimum atomic E-state index is -1.67. The predicted octanol–water partition coefficient (Wildman–Crippen LogP) is 0.110. The first-order chi connectivity index (χ1) is 23.2. The second-order valence-corrected chi connectivity index (χ2v) is 13.5. The number of nitrogens with zero attached hydrogens (tertiary/aromatic N) is 4. The quantitative estimate of drug-likeness (QED) is 0.126. The summed E-state index contributed by atoms with van der Waals surface area (Å²) >= 11 is 0. The van der Waals surface area contributed by atoms with Crippen LogP contribution in [0.3, 0.4) is 0 Å². The molecule has 0 bridgehead atoms. The van der Waals surface area contributed by atoms with Crippen molar-refractivity contribution in [1.82, 2.24) is 20.2 Å². The molecule has 3 fully saturated rings. The molecule has 6 N–H and O–H groups in total. The standard InChI is InChI=1S/C34H50FN5O8/c1-47-20-21-14-37-34(38-15-21)39-7-4-23(5-8-39)27-10-24(27)6-9-48-26-3-2-25(28(35)12-26)11-31(44)40-17-22(18-40)13-36-16-29(42)32(45)33(46)30(43)19-41/h2-3,12,14-15,22-24,27,29-30,32-33,36,41-43,45-46H,4-11,13,16-20H2,1H3. The fraction of sp³-hybridized carbons (Fsp3) is 0.676. The Bertz CT molecular complexity index is 1310. The number of ether oxygens (including phenoxy) is 2. The summed E-state index contributed by atoms with van der Waals surface area (Å²) in [4.78, 5) is 25.6. The van der Waals surface area contributed by atoms with Crippen molar-refractivity contribution in [2.45, 2.75) is 63.1 Å². The number of likely N-dealkylation sites (tertiary alicyclic amines) is 1. The number of halogens is 1. The highest BCUT2D eigenvalue weighted by molar-refractivity contribution is 5.79. The Balaban J connectivity index is 0.940. The number of nitrogens with one attached hydrogen (secondary N) is 1. The Labute approximate surface area is 280 Å². The SMILES string of the molecule is COCc1cnc(N2CCC(C3CC3CCOc3ccc(CC(=O)N4CC(CNCC(O)C(O)C(O)C(O)CO)C4)c(F)c3)CC2)nc1. The van der Waals surface area contributed by atoms with E-state index in [1.807, 2.05) is 12.4 Å². The molecule has 5 rings (SSSR count). The van der Waals surface area contributed by atoms with Gasteiger partial charge in [-0.1, -0.05) is 6.07 Å². The highest BCUT2D eigenvalue weighted by Crippen LogP contribution is 2.49. The van der Waals surface area contributed by atoms with Gasteiger partial charge in [0.05, 0.1) is 32.3 Å². The van der Waals surface area contributed by atoms with Crippen molar-refractivity contribution in [2.24, 2.45) is 23.7 Å². The number of piperidine rings is 1. The third-order valence-corrected chi connectivity index (χ3v) is 9.95. The zero-order valence-corrected chi connectivity index (χ0v) is 27.5. The molecular formula is C34H50FN5O8. The number of carbonyl (C=O) groups excluding carboxylic acids is 1. The fourth-order valence-electron chi connectivity index (χ4n) is 6.85. The van der Waals surface area contributed by atoms with Crippen LogP contribution in [0.25, 0.3) is 0 Å². The summed E-state index contributed by atoms with van der Waals surface area (Å²) in [5.41, 5.74) is 1.29. The summed E-state index contributed by atoms with van der Waals surface area (Å²) in [5.74, 6) is 2.79. The van der Waals surface area contributed by atoms with E-state index in [9.17, 15) is 29.6 Å². The van der Waals surface area contributed by atoms with Gasteiger partial charge >= 0.3 is 0 Å². The average Bonchev–Trinajstić information content (AvgIpc) is 3.85. The summed E-state index contributed by atoms with van der Waals surface area (Å²) in [5, 5.41) is 50.8. The van der Waals surface area contributed by atoms with Crippen molar-refractivity contribution < 1.29 is 44.2 Å². The van der Waals surface area contributed by atoms with Gasteiger partial charge in [0.2, 0.25) is 11.9 Å². The van der Waals surface area contributed by atoms with Gasteiger partial charge in [-0.25, -0.2) is 14.4 Å². The van der Waals surface area contributed by atoms with Crippen LogP contribution in [0.5, 0.6) is 5.75 Å². The highest BCUT2D eigenvalue weighted by Gasteiger charge is 2.43. The first-order valence-corrected chi connectivity index (χ1v) is 16.9. The molecule has 48 heavy (non-hydrogen) atoms. The number of benzene rings is 1. The minimum absolute atomic E-state index is 0.0381. The molecule has 3 aliphatic rings. The Hall–Kier alpha value is -2.98. The number of rotatable bonds is 18. The summed E-state index contributed by atoms with van der Waals surface area (Å²) < 4.78 is 25.9. The van der Waals surface area contributed by atoms with Crippen LogP contribution in [0.4, 0.5) is 10.3 Å². The second kappa shape index (κ2) is 17.1. The van der Waals surface area contributed by atoms with E-state index in [4.69, 9.17) is 14.6 Å². The molecule has 1 saturated carbocycles. The lowest BCUT2D eigenvalue weighted by molar-refractivity contribution is -0.136. The number of hydrogen-bond acceptors (Lipinski definition) is 12. The van der Waals surface area contributed by atoms with Gasteiger partial charge < -0.3 is 50.1 Å². The molecule has 1 amide bonds. The van der Waals surface area contributed by atoms with Gasteiger partial charge in [0.25, 0.3) is 0 Å². The van der Waals surface area contributed by atoms with E-state index in [2.05, 4.69) is 20.2 Å². The predicted molar refractivity (Wildman–Crippen MR) is 174 cm³/mol. The van der Waals surface area contributed by atoms with Gasteiger partial charge in [-0.3, -0.25) is 4.79 Å². The number of aromatic nitrogens is 2. The van der Waals surface area contributed by atoms with Crippen LogP contribution in [-0.2, 0) is 22.6 Å². The van der Waals surface area contributed by atoms with Gasteiger partial charge in [0.15, 0.2) is 0 Å². The number of anilines is 1. The molecule has 13 nitrogen and oxygen atoms in total. The molecule has 2 aliphatic heterocycles. The maximum atomic E-state index is 14.9. The molecule has 6 atom stereocenters. The Morgan fingerprint density at radius 3 is 2.46 bits per heavy atom. The van der Waals surface area contributed by atoms with Crippen LogP contribution >= 0.6 is 0 Å². The molecule has 0 radical (unpaired) electrons. The van der Waals surface area contributed by atoms with Crippen LogP contribution < -0.4 is 15.0 Å². The van der Waals surface area contributed by atoms with E-state index in [1.165, 1.54) is 12.5 Å². The zero-order valence-electron chi connectivity index (χ0n) is 27.5. The van der Waals surface area contributed by atoms with Crippen LogP contribution in [-0.4, -0.2) is 130 Å². The van der Waals surface area contributed by atoms with E-state index in [-0.39, 0.29) is 24.8 Å². The molecular weight excluding hydrogens is 625 g/mol. The van der Waals surface area contributed by atoms with Crippen molar-refractivity contribution in [1.29, 1.82) is 0 Å². The monoisotopic (exact) mass is 675 g/mol. The first kappa shape index (κ1) is 36.3. The summed E-state index contributed by atoms with van der Waals surface area (Å²) in [6.07, 6.45) is 1.83. The van der Waals surface area contributed by atoms with Crippen LogP contribution in [0, 0.1) is 29.5 Å². The minimum Gasteiger partial charge on any atom is -0.493 e. The molecule has 6 unspecified atom stereocenters. The molecule has 14 heteroatoms. The number of hydrogen-bond donors (Lipinski definition) is 6. The van der Waals surface area contributed by atoms with E-state index in [0.29, 0.717) is 61.9 Å². The summed E-state index contributed by atoms with van der Waals surface area (Å²) in [6.45, 7) is 3.62. The van der Waals surface area contributed by atoms with Gasteiger partial charge in [-0.15, -0.1) is 0 Å². The number of methoxy groups -OCH3 is 1. The first-order valence-electron chi connectivity index (χ1n) is 16.9. The Kier molecular flexibility index (Phi) is 12.9. The van der Waals surface area contributed by atoms with Gasteiger partial charge in [-0.05, 0) is 55.1 Å². The molecule has 0 spiro atoms. The summed E-state index contributed by atoms with van der Waals surface area (Å²) in [6, 6.07) is 4.68. The molecule has 1 aliphatic carbocycles. The maximum Gasteiger partial charge on any atom is 0.227 e. The lowest BCUT2D eigenvalue weighted by atomic mass is 9.90. The number of aliphatic hydroxyl groups excluding tert-OH is 5. The van der Waals surface area contributed by atoms with Crippen molar-refractivity contribution >= 4 is 11.9 Å². The third kappa shape index (κ3) is 9.59. The van der Waals surface area contributed by atoms with Crippen LogP contribution in [0.2, 0.25) is 0 Å². The van der Waals surface area contributed by atoms with E-state index >= 15 is 0 Å². The van der Waals surface area contributed by atoms with Crippen molar-refractivity contribution in [2.75, 3.05) is 64.5 Å². The smallest absolute Gasteiger partial charge is 0.227 e. The normalized spacial score (nSPS) is 22.6. The fourth-order valence-corrected chi connectivity index (χ4v) is 6.85. The average molecular weight is 676 g/mol. The van der Waals surface area contributed by atoms with Gasteiger partial charge in [0.1, 0.15) is 29.9 Å². The third-order valence-electron chi connectivity index (χ3n) is 9.95. The topological polar surface area (TPSA) is 181 Å². The van der Waals surface area contributed by atoms with Crippen LogP contribution in [0.1, 0.15) is 36.8 Å². The van der Waals surface area contributed by atoms with Crippen molar-refractivity contribution in [3.8, 4) is 5.75 Å². The maximum absolute atomic E-state index is 14.9. The second-order valence-electron chi connectivity index (χ2n) is 13.5. The lowest BCUT2D eigenvalue weighted by Crippen LogP contribution is -2.55. The number of amides is 1. The Morgan fingerprint density at radius 1 is 1.08 bits per heavy atom. The zero-order chi connectivity index (χ0) is 34.2. The largest absolute Gasteiger partial charge is 0.493 e. The molecule has 266 valence electrons. The van der Waals surface area contributed by atoms with Crippen LogP contribution in [0.15, 0.2) is 30.6 Å².